The van der Waals surface area contributed by atoms with Crippen molar-refractivity contribution in [1.82, 2.24) is 10.6 Å². The number of ether oxygens (including phenoxy) is 2. The van der Waals surface area contributed by atoms with Crippen molar-refractivity contribution < 1.29 is 19.0 Å². The Morgan fingerprint density at radius 2 is 2.29 bits per heavy atom. The van der Waals surface area contributed by atoms with E-state index in [2.05, 4.69) is 15.6 Å². The predicted molar refractivity (Wildman–Crippen MR) is 90.7 cm³/mol. The first-order valence-corrected chi connectivity index (χ1v) is 8.08. The molecule has 0 amide bonds. The lowest BCUT2D eigenvalue weighted by Crippen LogP contribution is -2.44. The summed E-state index contributed by atoms with van der Waals surface area (Å²) in [6, 6.07) is 4.85. The van der Waals surface area contributed by atoms with E-state index in [4.69, 9.17) is 9.47 Å². The maximum absolute atomic E-state index is 13.7. The molecule has 2 rings (SSSR count). The van der Waals surface area contributed by atoms with Crippen molar-refractivity contribution in [2.75, 3.05) is 40.5 Å². The Bertz CT molecular complexity index is 560. The Balaban J connectivity index is 1.87. The van der Waals surface area contributed by atoms with Crippen LogP contribution in [0, 0.1) is 11.2 Å². The van der Waals surface area contributed by atoms with Crippen LogP contribution in [0.4, 0.5) is 4.39 Å². The van der Waals surface area contributed by atoms with Crippen LogP contribution in [0.5, 0.6) is 5.75 Å². The Hall–Kier alpha value is -1.86. The van der Waals surface area contributed by atoms with Gasteiger partial charge < -0.3 is 25.2 Å². The van der Waals surface area contributed by atoms with E-state index in [1.54, 1.807) is 19.2 Å². The third-order valence-electron chi connectivity index (χ3n) is 4.36. The standard InChI is InChI=1S/C17H26FN3O3/c1-19-16(21-11-17(5-7-22)6-8-24-12-17)20-10-13-3-4-15(23-2)14(18)9-13/h3-4,9,22H,5-8,10-12H2,1-2H3,(H2,19,20,21). The summed E-state index contributed by atoms with van der Waals surface area (Å²) in [4.78, 5) is 4.18. The molecule has 0 saturated carbocycles. The molecule has 134 valence electrons. The van der Waals surface area contributed by atoms with Gasteiger partial charge in [-0.25, -0.2) is 4.39 Å². The first kappa shape index (κ1) is 18.5. The summed E-state index contributed by atoms with van der Waals surface area (Å²) >= 11 is 0. The maximum Gasteiger partial charge on any atom is 0.191 e. The predicted octanol–water partition coefficient (Wildman–Crippen LogP) is 1.29. The maximum atomic E-state index is 13.7. The molecule has 1 aromatic rings. The number of aliphatic hydroxyl groups excluding tert-OH is 1. The number of methoxy groups -OCH3 is 1. The quantitative estimate of drug-likeness (QED) is 0.516. The van der Waals surface area contributed by atoms with Gasteiger partial charge in [-0.2, -0.15) is 0 Å². The van der Waals surface area contributed by atoms with Crippen LogP contribution < -0.4 is 15.4 Å². The van der Waals surface area contributed by atoms with Gasteiger partial charge in [0.05, 0.1) is 13.7 Å². The van der Waals surface area contributed by atoms with Crippen LogP contribution in [-0.4, -0.2) is 51.6 Å². The van der Waals surface area contributed by atoms with Gasteiger partial charge in [-0.3, -0.25) is 4.99 Å². The smallest absolute Gasteiger partial charge is 0.191 e. The van der Waals surface area contributed by atoms with Crippen LogP contribution in [0.25, 0.3) is 0 Å². The second-order valence-corrected chi connectivity index (χ2v) is 6.02. The molecule has 24 heavy (non-hydrogen) atoms. The fourth-order valence-electron chi connectivity index (χ4n) is 2.81. The molecular weight excluding hydrogens is 313 g/mol. The van der Waals surface area contributed by atoms with E-state index < -0.39 is 0 Å². The Morgan fingerprint density at radius 1 is 1.46 bits per heavy atom. The third-order valence-corrected chi connectivity index (χ3v) is 4.36. The number of nitrogens with zero attached hydrogens (tertiary/aromatic N) is 1. The lowest BCUT2D eigenvalue weighted by molar-refractivity contribution is 0.127. The number of guanidine groups is 1. The zero-order chi connectivity index (χ0) is 17.4. The Labute approximate surface area is 142 Å². The molecule has 1 atom stereocenters. The average molecular weight is 339 g/mol. The van der Waals surface area contributed by atoms with E-state index in [0.717, 1.165) is 18.6 Å². The molecule has 1 aromatic carbocycles. The molecule has 7 heteroatoms. The van der Waals surface area contributed by atoms with Crippen LogP contribution in [0.15, 0.2) is 23.2 Å². The topological polar surface area (TPSA) is 75.1 Å². The van der Waals surface area contributed by atoms with E-state index in [1.807, 2.05) is 0 Å². The fraction of sp³-hybridized carbons (Fsp3) is 0.588. The highest BCUT2D eigenvalue weighted by Crippen LogP contribution is 2.31. The minimum atomic E-state index is -0.384. The van der Waals surface area contributed by atoms with Crippen LogP contribution in [0.1, 0.15) is 18.4 Å². The van der Waals surface area contributed by atoms with E-state index in [0.29, 0.717) is 32.1 Å². The van der Waals surface area contributed by atoms with Gasteiger partial charge in [0.1, 0.15) is 0 Å². The van der Waals surface area contributed by atoms with E-state index in [-0.39, 0.29) is 23.6 Å². The largest absolute Gasteiger partial charge is 0.494 e. The summed E-state index contributed by atoms with van der Waals surface area (Å²) in [6.45, 7) is 2.62. The number of benzene rings is 1. The molecule has 1 aliphatic heterocycles. The molecule has 1 saturated heterocycles. The molecule has 0 aromatic heterocycles. The van der Waals surface area contributed by atoms with Crippen LogP contribution in [0.3, 0.4) is 0 Å². The Morgan fingerprint density at radius 3 is 2.88 bits per heavy atom. The van der Waals surface area contributed by atoms with Gasteiger partial charge in [-0.1, -0.05) is 6.07 Å². The minimum absolute atomic E-state index is 0.0570. The molecular formula is C17H26FN3O3. The van der Waals surface area contributed by atoms with Crippen molar-refractivity contribution in [3.8, 4) is 5.75 Å². The number of hydrogen-bond acceptors (Lipinski definition) is 4. The van der Waals surface area contributed by atoms with E-state index in [1.165, 1.54) is 13.2 Å². The highest BCUT2D eigenvalue weighted by molar-refractivity contribution is 5.79. The SMILES string of the molecule is CN=C(NCc1ccc(OC)c(F)c1)NCC1(CCO)CCOC1. The summed E-state index contributed by atoms with van der Waals surface area (Å²) < 4.78 is 24.1. The van der Waals surface area contributed by atoms with Crippen LogP contribution >= 0.6 is 0 Å². The number of aliphatic hydroxyl groups is 1. The molecule has 0 radical (unpaired) electrons. The highest BCUT2D eigenvalue weighted by atomic mass is 19.1. The fourth-order valence-corrected chi connectivity index (χ4v) is 2.81. The van der Waals surface area contributed by atoms with Gasteiger partial charge in [-0.15, -0.1) is 0 Å². The first-order valence-electron chi connectivity index (χ1n) is 8.08. The number of aliphatic imine (C=N–C) groups is 1. The number of hydrogen-bond donors (Lipinski definition) is 3. The number of rotatable bonds is 7. The molecule has 0 bridgehead atoms. The summed E-state index contributed by atoms with van der Waals surface area (Å²) in [7, 11) is 3.13. The van der Waals surface area contributed by atoms with Gasteiger partial charge >= 0.3 is 0 Å². The minimum Gasteiger partial charge on any atom is -0.494 e. The molecule has 1 heterocycles. The van der Waals surface area contributed by atoms with Crippen molar-refractivity contribution in [2.45, 2.75) is 19.4 Å². The lowest BCUT2D eigenvalue weighted by Gasteiger charge is -2.27. The third kappa shape index (κ3) is 4.82. The van der Waals surface area contributed by atoms with Gasteiger partial charge in [-0.05, 0) is 30.5 Å². The van der Waals surface area contributed by atoms with Crippen LogP contribution in [-0.2, 0) is 11.3 Å². The van der Waals surface area contributed by atoms with Gasteiger partial charge in [0.2, 0.25) is 0 Å². The zero-order valence-corrected chi connectivity index (χ0v) is 14.3. The van der Waals surface area contributed by atoms with E-state index in [9.17, 15) is 9.50 Å². The second kappa shape index (κ2) is 8.84. The monoisotopic (exact) mass is 339 g/mol. The van der Waals surface area contributed by atoms with Crippen molar-refractivity contribution in [3.63, 3.8) is 0 Å². The molecule has 0 spiro atoms. The molecule has 0 aliphatic carbocycles. The summed E-state index contributed by atoms with van der Waals surface area (Å²) in [6.07, 6.45) is 1.61. The van der Waals surface area contributed by atoms with Crippen molar-refractivity contribution in [2.24, 2.45) is 10.4 Å². The Kier molecular flexibility index (Phi) is 6.81. The first-order chi connectivity index (χ1) is 11.6. The normalized spacial score (nSPS) is 20.9. The van der Waals surface area contributed by atoms with Crippen molar-refractivity contribution >= 4 is 5.96 Å². The van der Waals surface area contributed by atoms with Crippen molar-refractivity contribution in [1.29, 1.82) is 0 Å². The number of halogens is 1. The molecule has 3 N–H and O–H groups in total. The summed E-state index contributed by atoms with van der Waals surface area (Å²) in [5.74, 6) is 0.480. The van der Waals surface area contributed by atoms with Gasteiger partial charge in [0.25, 0.3) is 0 Å². The lowest BCUT2D eigenvalue weighted by atomic mass is 9.84. The van der Waals surface area contributed by atoms with E-state index >= 15 is 0 Å². The zero-order valence-electron chi connectivity index (χ0n) is 14.3. The molecule has 1 aliphatic rings. The second-order valence-electron chi connectivity index (χ2n) is 6.02. The highest BCUT2D eigenvalue weighted by Gasteiger charge is 2.34. The van der Waals surface area contributed by atoms with Gasteiger partial charge in [0.15, 0.2) is 17.5 Å². The summed E-state index contributed by atoms with van der Waals surface area (Å²) in [5, 5.41) is 15.7. The molecule has 6 nitrogen and oxygen atoms in total. The average Bonchev–Trinajstić information content (AvgIpc) is 3.04. The molecule has 1 unspecified atom stereocenters. The number of nitrogens with one attached hydrogen (secondary N) is 2. The van der Waals surface area contributed by atoms with Gasteiger partial charge in [0, 0.05) is 38.8 Å². The molecule has 1 fully saturated rings. The van der Waals surface area contributed by atoms with Crippen LogP contribution in [0.2, 0.25) is 0 Å². The summed E-state index contributed by atoms with van der Waals surface area (Å²) in [5.41, 5.74) is 0.740. The van der Waals surface area contributed by atoms with Crippen molar-refractivity contribution in [3.05, 3.63) is 29.6 Å².